The van der Waals surface area contributed by atoms with Crippen molar-refractivity contribution in [1.29, 1.82) is 0 Å². The van der Waals surface area contributed by atoms with Crippen LogP contribution in [0.1, 0.15) is 16.7 Å². The van der Waals surface area contributed by atoms with Crippen molar-refractivity contribution in [2.45, 2.75) is 19.9 Å². The molecule has 2 N–H and O–H groups in total. The highest BCUT2D eigenvalue weighted by Gasteiger charge is 2.04. The van der Waals surface area contributed by atoms with E-state index in [-0.39, 0.29) is 24.0 Å². The van der Waals surface area contributed by atoms with Gasteiger partial charge < -0.3 is 19.9 Å². The molecule has 0 aliphatic heterocycles. The summed E-state index contributed by atoms with van der Waals surface area (Å²) in [7, 11) is 5.52. The quantitative estimate of drug-likeness (QED) is 0.411. The molecule has 2 aromatic rings. The molecule has 0 radical (unpaired) electrons. The van der Waals surface area contributed by atoms with E-state index in [2.05, 4.69) is 46.9 Å². The number of aryl methyl sites for hydroxylation is 2. The van der Waals surface area contributed by atoms with Crippen LogP contribution in [0.25, 0.3) is 0 Å². The summed E-state index contributed by atoms with van der Waals surface area (Å²) < 4.78 is 7.45. The molecule has 0 saturated heterocycles. The largest absolute Gasteiger partial charge is 0.496 e. The lowest BCUT2D eigenvalue weighted by atomic mass is 10.1. The number of benzene rings is 1. The van der Waals surface area contributed by atoms with Crippen LogP contribution >= 0.6 is 24.0 Å². The van der Waals surface area contributed by atoms with Crippen LogP contribution in [0.2, 0.25) is 0 Å². The second-order valence-corrected chi connectivity index (χ2v) is 5.60. The molecule has 2 rings (SSSR count). The highest BCUT2D eigenvalue weighted by molar-refractivity contribution is 14.0. The third kappa shape index (κ3) is 6.07. The first-order valence-corrected chi connectivity index (χ1v) is 7.81. The van der Waals surface area contributed by atoms with E-state index in [1.165, 1.54) is 16.7 Å². The fraction of sp³-hybridized carbons (Fsp3) is 0.389. The maximum atomic E-state index is 5.42. The smallest absolute Gasteiger partial charge is 0.191 e. The Balaban J connectivity index is 0.00000288. The van der Waals surface area contributed by atoms with Crippen molar-refractivity contribution in [3.63, 3.8) is 0 Å². The number of nitrogens with zero attached hydrogens (tertiary/aromatic N) is 2. The van der Waals surface area contributed by atoms with Gasteiger partial charge in [-0.15, -0.1) is 24.0 Å². The van der Waals surface area contributed by atoms with Crippen LogP contribution in [0.4, 0.5) is 0 Å². The van der Waals surface area contributed by atoms with Crippen LogP contribution in [0.5, 0.6) is 5.75 Å². The molecule has 132 valence electrons. The van der Waals surface area contributed by atoms with Gasteiger partial charge in [-0.2, -0.15) is 0 Å². The zero-order chi connectivity index (χ0) is 16.7. The van der Waals surface area contributed by atoms with Crippen LogP contribution in [0, 0.1) is 6.92 Å². The Labute approximate surface area is 161 Å². The zero-order valence-corrected chi connectivity index (χ0v) is 17.1. The van der Waals surface area contributed by atoms with E-state index >= 15 is 0 Å². The molecule has 0 amide bonds. The monoisotopic (exact) mass is 442 g/mol. The molecule has 5 nitrogen and oxygen atoms in total. The average molecular weight is 442 g/mol. The van der Waals surface area contributed by atoms with E-state index < -0.39 is 0 Å². The first-order chi connectivity index (χ1) is 11.1. The third-order valence-corrected chi connectivity index (χ3v) is 3.70. The number of aromatic nitrogens is 1. The van der Waals surface area contributed by atoms with E-state index in [1.807, 2.05) is 23.9 Å². The van der Waals surface area contributed by atoms with E-state index in [1.54, 1.807) is 14.2 Å². The standard InChI is InChI=1S/C18H26N4O.HI/c1-14-5-6-17(23-4)16(11-14)7-9-20-18(19-2)21-12-15-8-10-22(3)13-15;/h5-6,8,10-11,13H,7,9,12H2,1-4H3,(H2,19,20,21);1H. The van der Waals surface area contributed by atoms with Gasteiger partial charge in [0, 0.05) is 39.6 Å². The summed E-state index contributed by atoms with van der Waals surface area (Å²) in [5.41, 5.74) is 3.68. The highest BCUT2D eigenvalue weighted by Crippen LogP contribution is 2.19. The van der Waals surface area contributed by atoms with Gasteiger partial charge in [0.15, 0.2) is 5.96 Å². The first-order valence-electron chi connectivity index (χ1n) is 7.81. The zero-order valence-electron chi connectivity index (χ0n) is 14.8. The number of halogens is 1. The Kier molecular flexibility index (Phi) is 8.67. The minimum Gasteiger partial charge on any atom is -0.496 e. The molecule has 6 heteroatoms. The van der Waals surface area contributed by atoms with Gasteiger partial charge in [0.2, 0.25) is 0 Å². The van der Waals surface area contributed by atoms with Gasteiger partial charge >= 0.3 is 0 Å². The van der Waals surface area contributed by atoms with Crippen molar-refractivity contribution < 1.29 is 4.74 Å². The Morgan fingerprint density at radius 3 is 2.67 bits per heavy atom. The second-order valence-electron chi connectivity index (χ2n) is 5.60. The van der Waals surface area contributed by atoms with Crippen molar-refractivity contribution in [2.24, 2.45) is 12.0 Å². The Hall–Kier alpha value is -1.70. The van der Waals surface area contributed by atoms with Gasteiger partial charge in [-0.1, -0.05) is 17.7 Å². The molecule has 0 aliphatic rings. The number of aliphatic imine (C=N–C) groups is 1. The topological polar surface area (TPSA) is 50.6 Å². The Morgan fingerprint density at radius 2 is 2.04 bits per heavy atom. The SMILES string of the molecule is CN=C(NCCc1cc(C)ccc1OC)NCc1ccn(C)c1.I. The molecule has 24 heavy (non-hydrogen) atoms. The summed E-state index contributed by atoms with van der Waals surface area (Å²) in [6.07, 6.45) is 5.02. The van der Waals surface area contributed by atoms with E-state index in [0.29, 0.717) is 0 Å². The normalized spacial score (nSPS) is 10.9. The van der Waals surface area contributed by atoms with Gasteiger partial charge in [-0.3, -0.25) is 4.99 Å². The fourth-order valence-corrected chi connectivity index (χ4v) is 2.49. The van der Waals surface area contributed by atoms with Gasteiger partial charge in [-0.25, -0.2) is 0 Å². The van der Waals surface area contributed by atoms with Crippen molar-refractivity contribution >= 4 is 29.9 Å². The molecular weight excluding hydrogens is 415 g/mol. The first kappa shape index (κ1) is 20.3. The minimum absolute atomic E-state index is 0. The lowest BCUT2D eigenvalue weighted by Gasteiger charge is -2.13. The average Bonchev–Trinajstić information content (AvgIpc) is 2.96. The number of methoxy groups -OCH3 is 1. The highest BCUT2D eigenvalue weighted by atomic mass is 127. The lowest BCUT2D eigenvalue weighted by Crippen LogP contribution is -2.37. The Morgan fingerprint density at radius 1 is 1.25 bits per heavy atom. The molecule has 1 aromatic heterocycles. The van der Waals surface area contributed by atoms with Crippen LogP contribution in [0.3, 0.4) is 0 Å². The third-order valence-electron chi connectivity index (χ3n) is 3.70. The summed E-state index contributed by atoms with van der Waals surface area (Å²) in [4.78, 5) is 4.26. The number of ether oxygens (including phenoxy) is 1. The van der Waals surface area contributed by atoms with Crippen LogP contribution in [-0.4, -0.2) is 31.2 Å². The number of hydrogen-bond donors (Lipinski definition) is 2. The van der Waals surface area contributed by atoms with E-state index in [9.17, 15) is 0 Å². The van der Waals surface area contributed by atoms with Crippen molar-refractivity contribution in [3.8, 4) is 5.75 Å². The molecule has 1 heterocycles. The number of nitrogens with one attached hydrogen (secondary N) is 2. The number of rotatable bonds is 6. The number of guanidine groups is 1. The molecule has 0 unspecified atom stereocenters. The van der Waals surface area contributed by atoms with Gasteiger partial charge in [0.05, 0.1) is 7.11 Å². The minimum atomic E-state index is 0. The van der Waals surface area contributed by atoms with Crippen LogP contribution in [-0.2, 0) is 20.0 Å². The maximum Gasteiger partial charge on any atom is 0.191 e. The molecule has 0 aliphatic carbocycles. The van der Waals surface area contributed by atoms with Crippen LogP contribution < -0.4 is 15.4 Å². The molecular formula is C18H27IN4O. The summed E-state index contributed by atoms with van der Waals surface area (Å²) in [6, 6.07) is 8.35. The molecule has 0 fully saturated rings. The maximum absolute atomic E-state index is 5.42. The van der Waals surface area contributed by atoms with E-state index in [4.69, 9.17) is 4.74 Å². The van der Waals surface area contributed by atoms with Gasteiger partial charge in [-0.05, 0) is 36.6 Å². The van der Waals surface area contributed by atoms with Crippen molar-refractivity contribution in [3.05, 3.63) is 53.3 Å². The molecule has 0 saturated carbocycles. The van der Waals surface area contributed by atoms with Gasteiger partial charge in [0.25, 0.3) is 0 Å². The number of hydrogen-bond acceptors (Lipinski definition) is 2. The van der Waals surface area contributed by atoms with E-state index in [0.717, 1.165) is 31.2 Å². The molecule has 0 spiro atoms. The van der Waals surface area contributed by atoms with Crippen molar-refractivity contribution in [2.75, 3.05) is 20.7 Å². The fourth-order valence-electron chi connectivity index (χ4n) is 2.49. The predicted molar refractivity (Wildman–Crippen MR) is 110 cm³/mol. The molecule has 0 atom stereocenters. The second kappa shape index (κ2) is 10.2. The van der Waals surface area contributed by atoms with Crippen LogP contribution in [0.15, 0.2) is 41.7 Å². The van der Waals surface area contributed by atoms with Crippen molar-refractivity contribution in [1.82, 2.24) is 15.2 Å². The molecule has 1 aromatic carbocycles. The summed E-state index contributed by atoms with van der Waals surface area (Å²) >= 11 is 0. The lowest BCUT2D eigenvalue weighted by molar-refractivity contribution is 0.409. The van der Waals surface area contributed by atoms with Gasteiger partial charge in [0.1, 0.15) is 5.75 Å². The summed E-state index contributed by atoms with van der Waals surface area (Å²) in [5.74, 6) is 1.74. The summed E-state index contributed by atoms with van der Waals surface area (Å²) in [5, 5.41) is 6.66. The Bertz CT molecular complexity index is 667. The predicted octanol–water partition coefficient (Wildman–Crippen LogP) is 2.87. The molecule has 0 bridgehead atoms. The summed E-state index contributed by atoms with van der Waals surface area (Å²) in [6.45, 7) is 3.65.